The van der Waals surface area contributed by atoms with Crippen molar-refractivity contribution in [3.8, 4) is 11.1 Å². The molecule has 1 saturated heterocycles. The van der Waals surface area contributed by atoms with Crippen molar-refractivity contribution in [1.82, 2.24) is 24.2 Å². The second kappa shape index (κ2) is 7.24. The highest BCUT2D eigenvalue weighted by atomic mass is 15.3. The van der Waals surface area contributed by atoms with E-state index in [9.17, 15) is 0 Å². The molecule has 4 aromatic rings. The van der Waals surface area contributed by atoms with Crippen LogP contribution in [0, 0.1) is 0 Å². The Hall–Kier alpha value is -2.92. The highest BCUT2D eigenvalue weighted by Crippen LogP contribution is 2.34. The maximum Gasteiger partial charge on any atom is 0.140 e. The molecule has 1 aromatic carbocycles. The summed E-state index contributed by atoms with van der Waals surface area (Å²) in [6.45, 7) is 3.07. The number of hydrogen-bond acceptors (Lipinski definition) is 3. The minimum absolute atomic E-state index is 0.515. The quantitative estimate of drug-likeness (QED) is 0.539. The third-order valence-corrected chi connectivity index (χ3v) is 5.80. The third kappa shape index (κ3) is 3.22. The Morgan fingerprint density at radius 1 is 1.00 bits per heavy atom. The van der Waals surface area contributed by atoms with Crippen LogP contribution in [0.1, 0.15) is 24.4 Å². The molecule has 0 radical (unpaired) electrons. The Labute approximate surface area is 165 Å². The predicted molar refractivity (Wildman–Crippen MR) is 112 cm³/mol. The van der Waals surface area contributed by atoms with Crippen molar-refractivity contribution in [3.05, 3.63) is 72.8 Å². The van der Waals surface area contributed by atoms with Gasteiger partial charge in [-0.2, -0.15) is 5.10 Å². The zero-order valence-electron chi connectivity index (χ0n) is 16.2. The van der Waals surface area contributed by atoms with E-state index < -0.39 is 0 Å². The molecule has 0 aliphatic carbocycles. The first-order chi connectivity index (χ1) is 13.8. The van der Waals surface area contributed by atoms with Gasteiger partial charge in [0.1, 0.15) is 5.65 Å². The van der Waals surface area contributed by atoms with E-state index in [1.807, 2.05) is 29.2 Å². The number of piperidine rings is 1. The summed E-state index contributed by atoms with van der Waals surface area (Å²) < 4.78 is 4.41. The maximum atomic E-state index is 4.72. The Morgan fingerprint density at radius 3 is 2.64 bits per heavy atom. The Balaban J connectivity index is 1.49. The fourth-order valence-electron chi connectivity index (χ4n) is 4.22. The Morgan fingerprint density at radius 2 is 1.82 bits per heavy atom. The van der Waals surface area contributed by atoms with Crippen LogP contribution in [0.25, 0.3) is 22.2 Å². The van der Waals surface area contributed by atoms with Crippen LogP contribution in [0.2, 0.25) is 0 Å². The van der Waals surface area contributed by atoms with Crippen LogP contribution in [-0.4, -0.2) is 44.4 Å². The van der Waals surface area contributed by atoms with Gasteiger partial charge < -0.3 is 9.47 Å². The summed E-state index contributed by atoms with van der Waals surface area (Å²) in [4.78, 5) is 7.13. The lowest BCUT2D eigenvalue weighted by Crippen LogP contribution is -2.31. The van der Waals surface area contributed by atoms with Gasteiger partial charge in [0.15, 0.2) is 0 Å². The molecule has 142 valence electrons. The molecule has 0 atom stereocenters. The molecule has 1 aliphatic heterocycles. The smallest absolute Gasteiger partial charge is 0.140 e. The fraction of sp³-hybridized carbons (Fsp3) is 0.304. The SMILES string of the molecule is CN1CCC(n2cc(-c3cnn(Cc4ccccc4)c3)c3cccnc32)CC1. The average molecular weight is 371 g/mol. The molecule has 28 heavy (non-hydrogen) atoms. The van der Waals surface area contributed by atoms with Crippen molar-refractivity contribution >= 4 is 11.0 Å². The van der Waals surface area contributed by atoms with Gasteiger partial charge in [0.05, 0.1) is 12.7 Å². The molecular weight excluding hydrogens is 346 g/mol. The molecule has 5 rings (SSSR count). The number of fused-ring (bicyclic) bond motifs is 1. The third-order valence-electron chi connectivity index (χ3n) is 5.80. The first-order valence-corrected chi connectivity index (χ1v) is 9.99. The van der Waals surface area contributed by atoms with Gasteiger partial charge >= 0.3 is 0 Å². The lowest BCUT2D eigenvalue weighted by molar-refractivity contribution is 0.224. The molecule has 5 nitrogen and oxygen atoms in total. The minimum Gasteiger partial charge on any atom is -0.329 e. The fourth-order valence-corrected chi connectivity index (χ4v) is 4.22. The molecule has 5 heteroatoms. The molecule has 0 N–H and O–H groups in total. The largest absolute Gasteiger partial charge is 0.329 e. The van der Waals surface area contributed by atoms with E-state index in [0.717, 1.165) is 30.8 Å². The highest BCUT2D eigenvalue weighted by molar-refractivity contribution is 5.93. The topological polar surface area (TPSA) is 38.9 Å². The van der Waals surface area contributed by atoms with Crippen molar-refractivity contribution in [3.63, 3.8) is 0 Å². The van der Waals surface area contributed by atoms with Crippen LogP contribution in [0.3, 0.4) is 0 Å². The van der Waals surface area contributed by atoms with Gasteiger partial charge in [-0.15, -0.1) is 0 Å². The van der Waals surface area contributed by atoms with Crippen molar-refractivity contribution in [2.75, 3.05) is 20.1 Å². The second-order valence-electron chi connectivity index (χ2n) is 7.77. The zero-order chi connectivity index (χ0) is 18.9. The van der Waals surface area contributed by atoms with E-state index in [4.69, 9.17) is 4.98 Å². The van der Waals surface area contributed by atoms with Crippen LogP contribution >= 0.6 is 0 Å². The highest BCUT2D eigenvalue weighted by Gasteiger charge is 2.22. The average Bonchev–Trinajstić information content (AvgIpc) is 3.34. The Kier molecular flexibility index (Phi) is 4.45. The van der Waals surface area contributed by atoms with Gasteiger partial charge in [0.2, 0.25) is 0 Å². The van der Waals surface area contributed by atoms with Crippen LogP contribution < -0.4 is 0 Å². The minimum atomic E-state index is 0.515. The van der Waals surface area contributed by atoms with Crippen molar-refractivity contribution in [2.45, 2.75) is 25.4 Å². The van der Waals surface area contributed by atoms with Crippen molar-refractivity contribution < 1.29 is 0 Å². The van der Waals surface area contributed by atoms with Crippen LogP contribution in [0.4, 0.5) is 0 Å². The van der Waals surface area contributed by atoms with E-state index >= 15 is 0 Å². The molecule has 0 bridgehead atoms. The number of aromatic nitrogens is 4. The monoisotopic (exact) mass is 371 g/mol. The van der Waals surface area contributed by atoms with E-state index in [-0.39, 0.29) is 0 Å². The normalized spacial score (nSPS) is 16.0. The number of hydrogen-bond donors (Lipinski definition) is 0. The van der Waals surface area contributed by atoms with E-state index in [1.54, 1.807) is 0 Å². The zero-order valence-corrected chi connectivity index (χ0v) is 16.2. The molecule has 0 spiro atoms. The lowest BCUT2D eigenvalue weighted by Gasteiger charge is -2.30. The molecule has 0 amide bonds. The molecule has 1 fully saturated rings. The summed E-state index contributed by atoms with van der Waals surface area (Å²) in [6.07, 6.45) is 10.7. The number of rotatable bonds is 4. The second-order valence-corrected chi connectivity index (χ2v) is 7.77. The molecule has 0 saturated carbocycles. The number of benzene rings is 1. The van der Waals surface area contributed by atoms with Crippen LogP contribution in [-0.2, 0) is 6.54 Å². The van der Waals surface area contributed by atoms with E-state index in [1.165, 1.54) is 29.4 Å². The number of nitrogens with zero attached hydrogens (tertiary/aromatic N) is 5. The number of likely N-dealkylation sites (tertiary alicyclic amines) is 1. The van der Waals surface area contributed by atoms with Gasteiger partial charge in [-0.05, 0) is 50.7 Å². The summed E-state index contributed by atoms with van der Waals surface area (Å²) in [6, 6.07) is 15.2. The van der Waals surface area contributed by atoms with Gasteiger partial charge in [-0.1, -0.05) is 30.3 Å². The van der Waals surface area contributed by atoms with E-state index in [2.05, 4.69) is 64.3 Å². The molecular formula is C23H25N5. The number of pyridine rings is 1. The summed E-state index contributed by atoms with van der Waals surface area (Å²) in [7, 11) is 2.20. The van der Waals surface area contributed by atoms with Gasteiger partial charge in [0, 0.05) is 41.1 Å². The van der Waals surface area contributed by atoms with Crippen LogP contribution in [0.5, 0.6) is 0 Å². The molecule has 3 aromatic heterocycles. The van der Waals surface area contributed by atoms with Crippen LogP contribution in [0.15, 0.2) is 67.3 Å². The predicted octanol–water partition coefficient (Wildman–Crippen LogP) is 4.21. The summed E-state index contributed by atoms with van der Waals surface area (Å²) in [5.41, 5.74) is 4.72. The van der Waals surface area contributed by atoms with Gasteiger partial charge in [0.25, 0.3) is 0 Å². The molecule has 4 heterocycles. The molecule has 1 aliphatic rings. The van der Waals surface area contributed by atoms with Gasteiger partial charge in [-0.25, -0.2) is 4.98 Å². The lowest BCUT2D eigenvalue weighted by atomic mass is 10.1. The summed E-state index contributed by atoms with van der Waals surface area (Å²) in [5, 5.41) is 5.82. The van der Waals surface area contributed by atoms with Crippen molar-refractivity contribution in [2.24, 2.45) is 0 Å². The van der Waals surface area contributed by atoms with Crippen molar-refractivity contribution in [1.29, 1.82) is 0 Å². The maximum absolute atomic E-state index is 4.72. The summed E-state index contributed by atoms with van der Waals surface area (Å²) in [5.74, 6) is 0. The first-order valence-electron chi connectivity index (χ1n) is 9.99. The molecule has 0 unspecified atom stereocenters. The van der Waals surface area contributed by atoms with Gasteiger partial charge in [-0.3, -0.25) is 4.68 Å². The Bertz CT molecular complexity index is 1070. The first kappa shape index (κ1) is 17.2. The standard InChI is InChI=1S/C23H25N5/c1-26-12-9-20(10-13-26)28-17-22(21-8-5-11-24-23(21)28)19-14-25-27(16-19)15-18-6-3-2-4-7-18/h2-8,11,14,16-17,20H,9-10,12-13,15H2,1H3. The summed E-state index contributed by atoms with van der Waals surface area (Å²) >= 11 is 0. The van der Waals surface area contributed by atoms with E-state index in [0.29, 0.717) is 6.04 Å².